The number of hydrogen-bond acceptors (Lipinski definition) is 5. The van der Waals surface area contributed by atoms with E-state index in [9.17, 15) is 9.59 Å². The lowest BCUT2D eigenvalue weighted by atomic mass is 9.79. The van der Waals surface area contributed by atoms with Crippen LogP contribution in [0.25, 0.3) is 0 Å². The zero-order chi connectivity index (χ0) is 20.8. The molecule has 4 fully saturated rings. The first-order valence-corrected chi connectivity index (χ1v) is 12.3. The molecule has 0 aromatic carbocycles. The quantitative estimate of drug-likeness (QED) is 0.705. The molecule has 7 heteroatoms. The Morgan fingerprint density at radius 1 is 0.867 bits per heavy atom. The first-order chi connectivity index (χ1) is 14.7. The molecule has 0 unspecified atom stereocenters. The van der Waals surface area contributed by atoms with Crippen LogP contribution in [0.5, 0.6) is 0 Å². The second-order valence-electron chi connectivity index (χ2n) is 9.74. The van der Waals surface area contributed by atoms with Crippen LogP contribution in [-0.4, -0.2) is 97.6 Å². The van der Waals surface area contributed by atoms with Crippen LogP contribution in [0.15, 0.2) is 0 Å². The summed E-state index contributed by atoms with van der Waals surface area (Å²) in [7, 11) is 0. The number of ether oxygens (including phenoxy) is 1. The van der Waals surface area contributed by atoms with Crippen molar-refractivity contribution in [1.29, 1.82) is 0 Å². The predicted octanol–water partition coefficient (Wildman–Crippen LogP) is 1.47. The monoisotopic (exact) mass is 420 g/mol. The number of rotatable bonds is 6. The van der Waals surface area contributed by atoms with Crippen LogP contribution in [0, 0.1) is 5.92 Å². The van der Waals surface area contributed by atoms with Gasteiger partial charge in [-0.05, 0) is 25.7 Å². The molecule has 0 spiro atoms. The third kappa shape index (κ3) is 5.35. The van der Waals surface area contributed by atoms with Gasteiger partial charge in [0, 0.05) is 57.3 Å². The summed E-state index contributed by atoms with van der Waals surface area (Å²) in [6.07, 6.45) is 10.7. The van der Waals surface area contributed by atoms with Crippen molar-refractivity contribution >= 4 is 11.8 Å². The summed E-state index contributed by atoms with van der Waals surface area (Å²) in [5.41, 5.74) is 0.115. The maximum Gasteiger partial charge on any atom is 0.234 e. The van der Waals surface area contributed by atoms with Crippen molar-refractivity contribution in [2.24, 2.45) is 5.92 Å². The summed E-state index contributed by atoms with van der Waals surface area (Å²) in [6.45, 7) is 7.91. The van der Waals surface area contributed by atoms with Gasteiger partial charge in [-0.3, -0.25) is 19.4 Å². The van der Waals surface area contributed by atoms with Gasteiger partial charge in [0.05, 0.1) is 19.8 Å². The van der Waals surface area contributed by atoms with Crippen LogP contribution in [-0.2, 0) is 14.3 Å². The molecule has 2 heterocycles. The maximum atomic E-state index is 12.7. The fourth-order valence-corrected chi connectivity index (χ4v) is 5.93. The molecule has 7 nitrogen and oxygen atoms in total. The van der Waals surface area contributed by atoms with Gasteiger partial charge in [0.2, 0.25) is 11.8 Å². The van der Waals surface area contributed by atoms with Gasteiger partial charge < -0.3 is 15.0 Å². The van der Waals surface area contributed by atoms with Crippen molar-refractivity contribution in [2.75, 3.05) is 65.6 Å². The summed E-state index contributed by atoms with van der Waals surface area (Å²) in [5.74, 6) is 0.733. The summed E-state index contributed by atoms with van der Waals surface area (Å²) in [6, 6.07) is 0. The van der Waals surface area contributed by atoms with E-state index in [0.29, 0.717) is 12.5 Å². The Balaban J connectivity index is 1.22. The minimum atomic E-state index is 0.115. The van der Waals surface area contributed by atoms with E-state index < -0.39 is 0 Å². The number of piperazine rings is 1. The Kier molecular flexibility index (Phi) is 7.65. The first-order valence-electron chi connectivity index (χ1n) is 12.3. The van der Waals surface area contributed by atoms with E-state index >= 15 is 0 Å². The van der Waals surface area contributed by atoms with Crippen LogP contribution in [0.1, 0.15) is 57.8 Å². The Hall–Kier alpha value is -1.18. The van der Waals surface area contributed by atoms with E-state index in [0.717, 1.165) is 71.9 Å². The molecule has 4 aliphatic rings. The number of carbonyl (C=O) groups is 2. The van der Waals surface area contributed by atoms with E-state index in [-0.39, 0.29) is 17.4 Å². The summed E-state index contributed by atoms with van der Waals surface area (Å²) < 4.78 is 5.56. The molecule has 0 atom stereocenters. The van der Waals surface area contributed by atoms with Crippen LogP contribution in [0.4, 0.5) is 0 Å². The van der Waals surface area contributed by atoms with Gasteiger partial charge in [-0.2, -0.15) is 0 Å². The summed E-state index contributed by atoms with van der Waals surface area (Å²) >= 11 is 0. The number of carbonyl (C=O) groups excluding carboxylic acids is 2. The number of morpholine rings is 1. The number of amides is 2. The molecule has 0 aromatic rings. The highest BCUT2D eigenvalue weighted by molar-refractivity contribution is 5.79. The molecule has 2 amide bonds. The lowest BCUT2D eigenvalue weighted by molar-refractivity contribution is -0.137. The van der Waals surface area contributed by atoms with Crippen molar-refractivity contribution in [3.63, 3.8) is 0 Å². The molecule has 170 valence electrons. The normalized spacial score (nSPS) is 26.6. The van der Waals surface area contributed by atoms with Gasteiger partial charge in [-0.15, -0.1) is 0 Å². The van der Waals surface area contributed by atoms with E-state index in [1.807, 2.05) is 4.90 Å². The van der Waals surface area contributed by atoms with Crippen molar-refractivity contribution < 1.29 is 14.3 Å². The van der Waals surface area contributed by atoms with Crippen molar-refractivity contribution in [3.05, 3.63) is 0 Å². The highest BCUT2D eigenvalue weighted by Gasteiger charge is 2.39. The zero-order valence-corrected chi connectivity index (χ0v) is 18.6. The van der Waals surface area contributed by atoms with Crippen molar-refractivity contribution in [3.8, 4) is 0 Å². The second-order valence-corrected chi connectivity index (χ2v) is 9.74. The average molecular weight is 421 g/mol. The zero-order valence-electron chi connectivity index (χ0n) is 18.6. The Morgan fingerprint density at radius 2 is 1.53 bits per heavy atom. The Bertz CT molecular complexity index is 573. The molecule has 0 bridgehead atoms. The van der Waals surface area contributed by atoms with Crippen molar-refractivity contribution in [2.45, 2.75) is 63.3 Å². The molecule has 0 radical (unpaired) electrons. The molecular formula is C23H40N4O3. The fourth-order valence-electron chi connectivity index (χ4n) is 5.93. The predicted molar refractivity (Wildman–Crippen MR) is 116 cm³/mol. The van der Waals surface area contributed by atoms with Gasteiger partial charge in [-0.25, -0.2) is 0 Å². The summed E-state index contributed by atoms with van der Waals surface area (Å²) in [4.78, 5) is 32.1. The molecular weight excluding hydrogens is 380 g/mol. The summed E-state index contributed by atoms with van der Waals surface area (Å²) in [5, 5.41) is 3.27. The molecule has 0 aromatic heterocycles. The van der Waals surface area contributed by atoms with Crippen LogP contribution >= 0.6 is 0 Å². The molecule has 2 saturated heterocycles. The van der Waals surface area contributed by atoms with Gasteiger partial charge in [0.25, 0.3) is 0 Å². The minimum absolute atomic E-state index is 0.115. The maximum absolute atomic E-state index is 12.7. The lowest BCUT2D eigenvalue weighted by Gasteiger charge is -2.48. The van der Waals surface area contributed by atoms with E-state index in [2.05, 4.69) is 15.1 Å². The highest BCUT2D eigenvalue weighted by atomic mass is 16.5. The number of nitrogens with zero attached hydrogens (tertiary/aromatic N) is 3. The SMILES string of the molecule is O=C(CN1CCN(C(=O)C2CCCC2)CC1)NCC1(N2CCOCC2)CCCCC1. The van der Waals surface area contributed by atoms with Gasteiger partial charge >= 0.3 is 0 Å². The third-order valence-electron chi connectivity index (χ3n) is 7.84. The van der Waals surface area contributed by atoms with Gasteiger partial charge in [-0.1, -0.05) is 32.1 Å². The van der Waals surface area contributed by atoms with Crippen LogP contribution in [0.2, 0.25) is 0 Å². The molecule has 2 aliphatic carbocycles. The van der Waals surface area contributed by atoms with Crippen LogP contribution in [0.3, 0.4) is 0 Å². The standard InChI is InChI=1S/C23H40N4O3/c28-21(18-25-10-12-26(13-11-25)22(29)20-6-2-3-7-20)24-19-23(8-4-1-5-9-23)27-14-16-30-17-15-27/h20H,1-19H2,(H,24,28). The van der Waals surface area contributed by atoms with E-state index in [4.69, 9.17) is 4.74 Å². The smallest absolute Gasteiger partial charge is 0.234 e. The van der Waals surface area contributed by atoms with Gasteiger partial charge in [0.1, 0.15) is 0 Å². The Labute approximate surface area is 181 Å². The Morgan fingerprint density at radius 3 is 2.20 bits per heavy atom. The molecule has 2 aliphatic heterocycles. The first kappa shape index (κ1) is 22.0. The third-order valence-corrected chi connectivity index (χ3v) is 7.84. The second kappa shape index (κ2) is 10.4. The number of nitrogens with one attached hydrogen (secondary N) is 1. The fraction of sp³-hybridized carbons (Fsp3) is 0.913. The van der Waals surface area contributed by atoms with E-state index in [1.54, 1.807) is 0 Å². The highest BCUT2D eigenvalue weighted by Crippen LogP contribution is 2.34. The van der Waals surface area contributed by atoms with Crippen molar-refractivity contribution in [1.82, 2.24) is 20.0 Å². The van der Waals surface area contributed by atoms with Crippen LogP contribution < -0.4 is 5.32 Å². The minimum Gasteiger partial charge on any atom is -0.379 e. The number of hydrogen-bond donors (Lipinski definition) is 1. The van der Waals surface area contributed by atoms with E-state index in [1.165, 1.54) is 44.9 Å². The average Bonchev–Trinajstić information content (AvgIpc) is 3.34. The molecule has 30 heavy (non-hydrogen) atoms. The lowest BCUT2D eigenvalue weighted by Crippen LogP contribution is -2.60. The molecule has 4 rings (SSSR count). The molecule has 2 saturated carbocycles. The topological polar surface area (TPSA) is 65.1 Å². The largest absolute Gasteiger partial charge is 0.379 e. The molecule has 1 N–H and O–H groups in total. The van der Waals surface area contributed by atoms with Gasteiger partial charge in [0.15, 0.2) is 0 Å².